The van der Waals surface area contributed by atoms with Gasteiger partial charge in [0.15, 0.2) is 5.84 Å². The van der Waals surface area contributed by atoms with Gasteiger partial charge in [-0.05, 0) is 6.07 Å². The lowest BCUT2D eigenvalue weighted by molar-refractivity contribution is 0.318. The van der Waals surface area contributed by atoms with Crippen LogP contribution in [0.5, 0.6) is 0 Å². The maximum atomic E-state index is 13.7. The molecule has 88 valence electrons. The van der Waals surface area contributed by atoms with Crippen LogP contribution in [0.2, 0.25) is 0 Å². The summed E-state index contributed by atoms with van der Waals surface area (Å²) in [6, 6.07) is 4.34. The molecule has 0 saturated carbocycles. The second-order valence-electron chi connectivity index (χ2n) is 3.38. The highest BCUT2D eigenvalue weighted by Crippen LogP contribution is 2.11. The molecule has 0 aliphatic rings. The molecule has 1 aromatic carbocycles. The number of aromatic nitrogens is 3. The lowest BCUT2D eigenvalue weighted by atomic mass is 10.1. The molecule has 1 heterocycles. The number of hydrogen-bond donors (Lipinski definition) is 2. The van der Waals surface area contributed by atoms with E-state index in [1.165, 1.54) is 23.4 Å². The van der Waals surface area contributed by atoms with Crippen LogP contribution in [0.1, 0.15) is 11.1 Å². The Kier molecular flexibility index (Phi) is 2.99. The van der Waals surface area contributed by atoms with Crippen molar-refractivity contribution in [3.05, 3.63) is 47.8 Å². The zero-order valence-corrected chi connectivity index (χ0v) is 8.79. The van der Waals surface area contributed by atoms with Gasteiger partial charge in [-0.2, -0.15) is 5.10 Å². The predicted molar refractivity (Wildman–Crippen MR) is 58.0 cm³/mol. The standard InChI is InChI=1S/C10H10FN5O/c11-9-3-7(10(12)15-17)1-2-8(9)4-16-6-13-5-14-16/h1-3,5-6,17H,4H2,(H2,12,15). The van der Waals surface area contributed by atoms with Crippen LogP contribution in [0.15, 0.2) is 36.0 Å². The van der Waals surface area contributed by atoms with E-state index in [0.717, 1.165) is 0 Å². The first-order valence-electron chi connectivity index (χ1n) is 4.79. The van der Waals surface area contributed by atoms with Crippen molar-refractivity contribution < 1.29 is 9.60 Å². The van der Waals surface area contributed by atoms with E-state index in [-0.39, 0.29) is 12.4 Å². The first-order valence-corrected chi connectivity index (χ1v) is 4.79. The maximum absolute atomic E-state index is 13.7. The molecule has 0 spiro atoms. The Labute approximate surface area is 96.2 Å². The molecule has 0 aliphatic carbocycles. The van der Waals surface area contributed by atoms with Crippen LogP contribution in [0.4, 0.5) is 4.39 Å². The first-order chi connectivity index (χ1) is 8.20. The fraction of sp³-hybridized carbons (Fsp3) is 0.100. The van der Waals surface area contributed by atoms with Crippen molar-refractivity contribution >= 4 is 5.84 Å². The zero-order valence-electron chi connectivity index (χ0n) is 8.79. The summed E-state index contributed by atoms with van der Waals surface area (Å²) < 4.78 is 15.2. The second kappa shape index (κ2) is 4.60. The molecule has 2 aromatic rings. The van der Waals surface area contributed by atoms with Gasteiger partial charge in [0, 0.05) is 11.1 Å². The molecule has 0 amide bonds. The Hall–Kier alpha value is -2.44. The highest BCUT2D eigenvalue weighted by Gasteiger charge is 2.07. The smallest absolute Gasteiger partial charge is 0.170 e. The fourth-order valence-electron chi connectivity index (χ4n) is 1.38. The number of oxime groups is 1. The van der Waals surface area contributed by atoms with Crippen LogP contribution < -0.4 is 5.73 Å². The molecule has 0 atom stereocenters. The molecule has 3 N–H and O–H groups in total. The van der Waals surface area contributed by atoms with E-state index in [1.807, 2.05) is 0 Å². The van der Waals surface area contributed by atoms with Crippen LogP contribution in [0, 0.1) is 5.82 Å². The SMILES string of the molecule is N/C(=N\O)c1ccc(Cn2cncn2)c(F)c1. The van der Waals surface area contributed by atoms with Crippen LogP contribution in [-0.4, -0.2) is 25.8 Å². The van der Waals surface area contributed by atoms with Gasteiger partial charge in [0.2, 0.25) is 0 Å². The maximum Gasteiger partial charge on any atom is 0.170 e. The fourth-order valence-corrected chi connectivity index (χ4v) is 1.38. The molecule has 0 unspecified atom stereocenters. The van der Waals surface area contributed by atoms with E-state index in [2.05, 4.69) is 15.2 Å². The third kappa shape index (κ3) is 2.39. The van der Waals surface area contributed by atoms with Gasteiger partial charge in [-0.1, -0.05) is 17.3 Å². The summed E-state index contributed by atoms with van der Waals surface area (Å²) in [5, 5.41) is 15.2. The number of rotatable bonds is 3. The topological polar surface area (TPSA) is 89.3 Å². The molecular weight excluding hydrogens is 225 g/mol. The van der Waals surface area contributed by atoms with Crippen LogP contribution in [-0.2, 0) is 6.54 Å². The van der Waals surface area contributed by atoms with Crippen LogP contribution in [0.3, 0.4) is 0 Å². The molecule has 6 nitrogen and oxygen atoms in total. The first kappa shape index (κ1) is 11.1. The van der Waals surface area contributed by atoms with Crippen molar-refractivity contribution in [2.75, 3.05) is 0 Å². The summed E-state index contributed by atoms with van der Waals surface area (Å²) >= 11 is 0. The molecule has 1 aromatic heterocycles. The van der Waals surface area contributed by atoms with Gasteiger partial charge in [0.1, 0.15) is 18.5 Å². The average Bonchev–Trinajstić information content (AvgIpc) is 2.83. The Morgan fingerprint density at radius 1 is 1.53 bits per heavy atom. The van der Waals surface area contributed by atoms with Gasteiger partial charge in [0.25, 0.3) is 0 Å². The number of nitrogens with two attached hydrogens (primary N) is 1. The minimum atomic E-state index is -0.440. The largest absolute Gasteiger partial charge is 0.409 e. The van der Waals surface area contributed by atoms with Gasteiger partial charge >= 0.3 is 0 Å². The van der Waals surface area contributed by atoms with E-state index in [0.29, 0.717) is 11.1 Å². The van der Waals surface area contributed by atoms with Gasteiger partial charge in [-0.15, -0.1) is 0 Å². The molecule has 17 heavy (non-hydrogen) atoms. The molecule has 2 rings (SSSR count). The number of amidine groups is 1. The minimum Gasteiger partial charge on any atom is -0.409 e. The molecule has 7 heteroatoms. The summed E-state index contributed by atoms with van der Waals surface area (Å²) in [5.74, 6) is -0.569. The van der Waals surface area contributed by atoms with E-state index in [9.17, 15) is 4.39 Å². The minimum absolute atomic E-state index is 0.129. The summed E-state index contributed by atoms with van der Waals surface area (Å²) in [6.45, 7) is 0.280. The number of benzene rings is 1. The number of nitrogens with zero attached hydrogens (tertiary/aromatic N) is 4. The van der Waals surface area contributed by atoms with E-state index >= 15 is 0 Å². The third-order valence-corrected chi connectivity index (χ3v) is 2.26. The van der Waals surface area contributed by atoms with Gasteiger partial charge in [-0.3, -0.25) is 0 Å². The summed E-state index contributed by atoms with van der Waals surface area (Å²) in [5.41, 5.74) is 6.13. The van der Waals surface area contributed by atoms with Crippen molar-refractivity contribution in [3.8, 4) is 0 Å². The lowest BCUT2D eigenvalue weighted by Crippen LogP contribution is -2.14. The summed E-state index contributed by atoms with van der Waals surface area (Å²) in [6.07, 6.45) is 2.87. The van der Waals surface area contributed by atoms with Crippen molar-refractivity contribution in [2.45, 2.75) is 6.54 Å². The Balaban J connectivity index is 2.26. The van der Waals surface area contributed by atoms with Gasteiger partial charge in [-0.25, -0.2) is 14.1 Å². The molecule has 0 radical (unpaired) electrons. The zero-order chi connectivity index (χ0) is 12.3. The molecule has 0 saturated heterocycles. The van der Waals surface area contributed by atoms with Gasteiger partial charge < -0.3 is 10.9 Å². The summed E-state index contributed by atoms with van der Waals surface area (Å²) in [4.78, 5) is 3.76. The van der Waals surface area contributed by atoms with E-state index in [4.69, 9.17) is 10.9 Å². The van der Waals surface area contributed by atoms with Crippen LogP contribution >= 0.6 is 0 Å². The second-order valence-corrected chi connectivity index (χ2v) is 3.38. The predicted octanol–water partition coefficient (Wildman–Crippen LogP) is 0.560. The average molecular weight is 235 g/mol. The molecule has 0 fully saturated rings. The Bertz CT molecular complexity index is 538. The monoisotopic (exact) mass is 235 g/mol. The van der Waals surface area contributed by atoms with Gasteiger partial charge in [0.05, 0.1) is 6.54 Å². The van der Waals surface area contributed by atoms with Crippen LogP contribution in [0.25, 0.3) is 0 Å². The number of halogens is 1. The van der Waals surface area contributed by atoms with Crippen molar-refractivity contribution in [2.24, 2.45) is 10.9 Å². The Morgan fingerprint density at radius 2 is 2.35 bits per heavy atom. The van der Waals surface area contributed by atoms with E-state index < -0.39 is 5.82 Å². The molecular formula is C10H10FN5O. The molecule has 0 bridgehead atoms. The van der Waals surface area contributed by atoms with Crippen molar-refractivity contribution in [1.29, 1.82) is 0 Å². The quantitative estimate of drug-likeness (QED) is 0.352. The lowest BCUT2D eigenvalue weighted by Gasteiger charge is -2.05. The molecule has 0 aliphatic heterocycles. The Morgan fingerprint density at radius 3 is 2.94 bits per heavy atom. The number of hydrogen-bond acceptors (Lipinski definition) is 4. The highest BCUT2D eigenvalue weighted by molar-refractivity contribution is 5.97. The highest BCUT2D eigenvalue weighted by atomic mass is 19.1. The van der Waals surface area contributed by atoms with Crippen molar-refractivity contribution in [1.82, 2.24) is 14.8 Å². The van der Waals surface area contributed by atoms with E-state index in [1.54, 1.807) is 12.1 Å². The normalized spacial score (nSPS) is 11.7. The third-order valence-electron chi connectivity index (χ3n) is 2.26. The summed E-state index contributed by atoms with van der Waals surface area (Å²) in [7, 11) is 0. The van der Waals surface area contributed by atoms with Crippen molar-refractivity contribution in [3.63, 3.8) is 0 Å².